The van der Waals surface area contributed by atoms with Crippen LogP contribution in [0, 0.1) is 6.92 Å². The quantitative estimate of drug-likeness (QED) is 0.460. The highest BCUT2D eigenvalue weighted by Crippen LogP contribution is 2.28. The van der Waals surface area contributed by atoms with Gasteiger partial charge < -0.3 is 9.52 Å². The van der Waals surface area contributed by atoms with Crippen LogP contribution in [0.15, 0.2) is 70.1 Å². The first-order valence-corrected chi connectivity index (χ1v) is 8.47. The van der Waals surface area contributed by atoms with Gasteiger partial charge in [-0.15, -0.1) is 0 Å². The van der Waals surface area contributed by atoms with Crippen LogP contribution in [0.1, 0.15) is 11.1 Å². The fraction of sp³-hybridized carbons (Fsp3) is 0.0476. The van der Waals surface area contributed by atoms with Crippen LogP contribution in [0.4, 0.5) is 5.69 Å². The van der Waals surface area contributed by atoms with Crippen molar-refractivity contribution in [2.75, 3.05) is 0 Å². The zero-order valence-electron chi connectivity index (χ0n) is 14.0. The maximum atomic E-state index is 10.0. The molecule has 0 saturated heterocycles. The molecule has 1 heterocycles. The molecule has 4 aromatic rings. The molecule has 4 nitrogen and oxygen atoms in total. The van der Waals surface area contributed by atoms with Gasteiger partial charge in [-0.25, -0.2) is 4.98 Å². The molecule has 0 atom stereocenters. The summed E-state index contributed by atoms with van der Waals surface area (Å²) in [5, 5.41) is 10.7. The number of para-hydroxylation sites is 1. The standard InChI is InChI=1S/C21H15ClN2O2/c1-13-3-2-4-15(20(13)25)12-23-17-8-5-14(6-9-17)21-24-18-11-16(22)7-10-19(18)26-21/h2-12,25H,1H3. The highest BCUT2D eigenvalue weighted by atomic mass is 35.5. The zero-order valence-corrected chi connectivity index (χ0v) is 14.7. The number of benzene rings is 3. The average Bonchev–Trinajstić information content (AvgIpc) is 3.06. The van der Waals surface area contributed by atoms with E-state index in [-0.39, 0.29) is 5.75 Å². The SMILES string of the molecule is Cc1cccc(C=Nc2ccc(-c3nc4cc(Cl)ccc4o3)cc2)c1O. The van der Waals surface area contributed by atoms with Gasteiger partial charge in [-0.2, -0.15) is 0 Å². The van der Waals surface area contributed by atoms with Crippen molar-refractivity contribution in [2.24, 2.45) is 4.99 Å². The number of fused-ring (bicyclic) bond motifs is 1. The van der Waals surface area contributed by atoms with Crippen molar-refractivity contribution < 1.29 is 9.52 Å². The maximum Gasteiger partial charge on any atom is 0.227 e. The highest BCUT2D eigenvalue weighted by molar-refractivity contribution is 6.31. The maximum absolute atomic E-state index is 10.0. The predicted octanol–water partition coefficient (Wildman–Crippen LogP) is 5.91. The molecule has 1 N–H and O–H groups in total. The van der Waals surface area contributed by atoms with Crippen LogP contribution >= 0.6 is 11.6 Å². The monoisotopic (exact) mass is 362 g/mol. The minimum absolute atomic E-state index is 0.248. The third kappa shape index (κ3) is 3.19. The van der Waals surface area contributed by atoms with E-state index in [0.29, 0.717) is 22.1 Å². The van der Waals surface area contributed by atoms with Crippen LogP contribution in [0.2, 0.25) is 5.02 Å². The summed E-state index contributed by atoms with van der Waals surface area (Å²) in [7, 11) is 0. The van der Waals surface area contributed by atoms with Crippen LogP contribution in [-0.2, 0) is 0 Å². The molecule has 0 unspecified atom stereocenters. The van der Waals surface area contributed by atoms with E-state index in [4.69, 9.17) is 16.0 Å². The van der Waals surface area contributed by atoms with Crippen LogP contribution in [0.25, 0.3) is 22.6 Å². The van der Waals surface area contributed by atoms with Gasteiger partial charge in [0.2, 0.25) is 5.89 Å². The molecular formula is C21H15ClN2O2. The van der Waals surface area contributed by atoms with E-state index < -0.39 is 0 Å². The van der Waals surface area contributed by atoms with Crippen molar-refractivity contribution >= 4 is 34.6 Å². The lowest BCUT2D eigenvalue weighted by atomic mass is 10.1. The predicted molar refractivity (Wildman–Crippen MR) is 105 cm³/mol. The van der Waals surface area contributed by atoms with E-state index in [1.807, 2.05) is 49.4 Å². The number of phenolic OH excluding ortho intramolecular Hbond substituents is 1. The molecule has 0 fully saturated rings. The molecule has 0 radical (unpaired) electrons. The average molecular weight is 363 g/mol. The normalized spacial score (nSPS) is 11.5. The van der Waals surface area contributed by atoms with Crippen molar-refractivity contribution in [3.63, 3.8) is 0 Å². The highest BCUT2D eigenvalue weighted by Gasteiger charge is 2.08. The van der Waals surface area contributed by atoms with E-state index in [9.17, 15) is 5.11 Å². The second-order valence-electron chi connectivity index (χ2n) is 5.95. The Hall–Kier alpha value is -3.11. The Morgan fingerprint density at radius 2 is 1.88 bits per heavy atom. The number of aromatic nitrogens is 1. The molecule has 1 aromatic heterocycles. The smallest absolute Gasteiger partial charge is 0.227 e. The summed E-state index contributed by atoms with van der Waals surface area (Å²) in [6.45, 7) is 1.86. The van der Waals surface area contributed by atoms with Crippen LogP contribution in [0.3, 0.4) is 0 Å². The first-order chi connectivity index (χ1) is 12.6. The third-order valence-electron chi connectivity index (χ3n) is 4.09. The number of hydrogen-bond acceptors (Lipinski definition) is 4. The van der Waals surface area contributed by atoms with Crippen molar-refractivity contribution in [1.29, 1.82) is 0 Å². The van der Waals surface area contributed by atoms with E-state index in [0.717, 1.165) is 22.3 Å². The van der Waals surface area contributed by atoms with Gasteiger partial charge in [0.15, 0.2) is 5.58 Å². The lowest BCUT2D eigenvalue weighted by molar-refractivity contribution is 0.470. The summed E-state index contributed by atoms with van der Waals surface area (Å²) in [5.41, 5.74) is 4.56. The summed E-state index contributed by atoms with van der Waals surface area (Å²) >= 11 is 5.99. The van der Waals surface area contributed by atoms with Crippen LogP contribution in [0.5, 0.6) is 5.75 Å². The van der Waals surface area contributed by atoms with Gasteiger partial charge >= 0.3 is 0 Å². The molecule has 0 saturated carbocycles. The molecule has 5 heteroatoms. The van der Waals surface area contributed by atoms with Gasteiger partial charge in [0.25, 0.3) is 0 Å². The molecule has 3 aromatic carbocycles. The number of hydrogen-bond donors (Lipinski definition) is 1. The molecule has 128 valence electrons. The molecule has 0 aliphatic carbocycles. The van der Waals surface area contributed by atoms with E-state index in [1.165, 1.54) is 0 Å². The molecular weight excluding hydrogens is 348 g/mol. The van der Waals surface area contributed by atoms with Crippen LogP contribution in [-0.4, -0.2) is 16.3 Å². The second kappa shape index (κ2) is 6.65. The summed E-state index contributed by atoms with van der Waals surface area (Å²) in [5.74, 6) is 0.784. The lowest BCUT2D eigenvalue weighted by Crippen LogP contribution is -1.84. The van der Waals surface area contributed by atoms with E-state index in [2.05, 4.69) is 9.98 Å². The number of aryl methyl sites for hydroxylation is 1. The van der Waals surface area contributed by atoms with Gasteiger partial charge in [0.05, 0.1) is 5.69 Å². The van der Waals surface area contributed by atoms with Crippen molar-refractivity contribution in [3.05, 3.63) is 76.8 Å². The molecule has 26 heavy (non-hydrogen) atoms. The van der Waals surface area contributed by atoms with Gasteiger partial charge in [-0.3, -0.25) is 4.99 Å². The van der Waals surface area contributed by atoms with Gasteiger partial charge in [0.1, 0.15) is 11.3 Å². The summed E-state index contributed by atoms with van der Waals surface area (Å²) in [6, 6.07) is 18.5. The van der Waals surface area contributed by atoms with Crippen LogP contribution < -0.4 is 0 Å². The lowest BCUT2D eigenvalue weighted by Gasteiger charge is -2.02. The summed E-state index contributed by atoms with van der Waals surface area (Å²) in [4.78, 5) is 8.88. The van der Waals surface area contributed by atoms with Gasteiger partial charge in [-0.05, 0) is 61.0 Å². The Labute approximate surface area is 155 Å². The molecule has 0 amide bonds. The number of aliphatic imine (C=N–C) groups is 1. The fourth-order valence-corrected chi connectivity index (χ4v) is 2.81. The molecule has 0 aliphatic rings. The molecule has 0 spiro atoms. The number of phenols is 1. The summed E-state index contributed by atoms with van der Waals surface area (Å²) < 4.78 is 5.77. The minimum Gasteiger partial charge on any atom is -0.507 e. The number of aromatic hydroxyl groups is 1. The first kappa shape index (κ1) is 16.4. The minimum atomic E-state index is 0.248. The Balaban J connectivity index is 1.59. The molecule has 0 bridgehead atoms. The zero-order chi connectivity index (χ0) is 18.1. The Morgan fingerprint density at radius 1 is 1.08 bits per heavy atom. The first-order valence-electron chi connectivity index (χ1n) is 8.09. The summed E-state index contributed by atoms with van der Waals surface area (Å²) in [6.07, 6.45) is 1.65. The van der Waals surface area contributed by atoms with Gasteiger partial charge in [0, 0.05) is 22.4 Å². The number of nitrogens with zero attached hydrogens (tertiary/aromatic N) is 2. The number of rotatable bonds is 3. The Morgan fingerprint density at radius 3 is 2.69 bits per heavy atom. The number of halogens is 1. The Kier molecular flexibility index (Phi) is 4.19. The molecule has 4 rings (SSSR count). The Bertz CT molecular complexity index is 1110. The van der Waals surface area contributed by atoms with E-state index >= 15 is 0 Å². The largest absolute Gasteiger partial charge is 0.507 e. The molecule has 0 aliphatic heterocycles. The van der Waals surface area contributed by atoms with Crippen molar-refractivity contribution in [1.82, 2.24) is 4.98 Å². The van der Waals surface area contributed by atoms with Gasteiger partial charge in [-0.1, -0.05) is 23.7 Å². The fourth-order valence-electron chi connectivity index (χ4n) is 2.64. The van der Waals surface area contributed by atoms with Crippen molar-refractivity contribution in [3.8, 4) is 17.2 Å². The third-order valence-corrected chi connectivity index (χ3v) is 4.32. The van der Waals surface area contributed by atoms with E-state index in [1.54, 1.807) is 24.4 Å². The van der Waals surface area contributed by atoms with Crippen molar-refractivity contribution in [2.45, 2.75) is 6.92 Å². The number of oxazole rings is 1. The topological polar surface area (TPSA) is 58.6 Å². The second-order valence-corrected chi connectivity index (χ2v) is 6.39.